The second-order valence-electron chi connectivity index (χ2n) is 5.75. The number of carbonyl (C=O) groups excluding carboxylic acids is 1. The Balaban J connectivity index is 1.56. The number of anilines is 1. The van der Waals surface area contributed by atoms with E-state index in [4.69, 9.17) is 4.74 Å². The summed E-state index contributed by atoms with van der Waals surface area (Å²) in [6, 6.07) is 27.5. The number of hydrogen-bond donors (Lipinski definition) is 0. The number of carbonyl (C=O) groups is 1. The van der Waals surface area contributed by atoms with E-state index in [2.05, 4.69) is 0 Å². The van der Waals surface area contributed by atoms with Gasteiger partial charge in [-0.3, -0.25) is 9.69 Å². The maximum atomic E-state index is 12.3. The van der Waals surface area contributed by atoms with Crippen LogP contribution in [0.5, 0.6) is 11.5 Å². The molecule has 0 unspecified atom stereocenters. The second-order valence-corrected chi connectivity index (χ2v) is 6.82. The number of amides is 1. The van der Waals surface area contributed by atoms with Crippen molar-refractivity contribution in [1.82, 2.24) is 0 Å². The molecule has 0 aliphatic carbocycles. The van der Waals surface area contributed by atoms with Gasteiger partial charge in [0.1, 0.15) is 16.9 Å². The molecule has 1 fully saturated rings. The first-order valence-corrected chi connectivity index (χ1v) is 9.18. The fourth-order valence-electron chi connectivity index (χ4n) is 2.86. The molecule has 1 aliphatic rings. The van der Waals surface area contributed by atoms with Crippen LogP contribution in [0.4, 0.5) is 5.69 Å². The molecule has 1 heterocycles. The number of thioether (sulfide) groups is 1. The van der Waals surface area contributed by atoms with Crippen molar-refractivity contribution in [3.05, 3.63) is 90.5 Å². The van der Waals surface area contributed by atoms with Gasteiger partial charge < -0.3 is 4.74 Å². The topological polar surface area (TPSA) is 29.5 Å². The molecule has 4 rings (SSSR count). The highest BCUT2D eigenvalue weighted by molar-refractivity contribution is 8.00. The van der Waals surface area contributed by atoms with Crippen LogP contribution in [0.2, 0.25) is 0 Å². The van der Waals surface area contributed by atoms with Gasteiger partial charge in [-0.1, -0.05) is 48.5 Å². The first-order valence-electron chi connectivity index (χ1n) is 8.13. The molecule has 0 spiro atoms. The van der Waals surface area contributed by atoms with Crippen LogP contribution in [0.25, 0.3) is 0 Å². The number of para-hydroxylation sites is 2. The molecule has 0 radical (unpaired) electrons. The molecule has 0 saturated carbocycles. The SMILES string of the molecule is O=C1CS[C@H](c2ccc(Oc3ccccc3)cc2)N1c1ccccc1. The zero-order chi connectivity index (χ0) is 17.1. The molecule has 0 N–H and O–H groups in total. The van der Waals surface area contributed by atoms with Gasteiger partial charge >= 0.3 is 0 Å². The van der Waals surface area contributed by atoms with E-state index in [-0.39, 0.29) is 11.3 Å². The fourth-order valence-corrected chi connectivity index (χ4v) is 4.04. The molecular formula is C21H17NO2S. The summed E-state index contributed by atoms with van der Waals surface area (Å²) in [5.41, 5.74) is 2.03. The number of nitrogens with zero attached hydrogens (tertiary/aromatic N) is 1. The van der Waals surface area contributed by atoms with Gasteiger partial charge in [-0.2, -0.15) is 0 Å². The maximum absolute atomic E-state index is 12.3. The summed E-state index contributed by atoms with van der Waals surface area (Å²) in [6.07, 6.45) is 0. The standard InChI is InChI=1S/C21H17NO2S/c23-20-15-25-21(22(20)17-7-3-1-4-8-17)16-11-13-19(14-12-16)24-18-9-5-2-6-10-18/h1-14,21H,15H2/t21-/m1/s1. The molecular weight excluding hydrogens is 330 g/mol. The van der Waals surface area contributed by atoms with Crippen molar-refractivity contribution < 1.29 is 9.53 Å². The van der Waals surface area contributed by atoms with E-state index in [1.807, 2.05) is 89.8 Å². The molecule has 25 heavy (non-hydrogen) atoms. The lowest BCUT2D eigenvalue weighted by Gasteiger charge is -2.24. The Bertz CT molecular complexity index is 850. The van der Waals surface area contributed by atoms with E-state index in [0.717, 1.165) is 22.7 Å². The average Bonchev–Trinajstić information content (AvgIpc) is 3.05. The molecule has 3 nitrogen and oxygen atoms in total. The van der Waals surface area contributed by atoms with E-state index >= 15 is 0 Å². The number of hydrogen-bond acceptors (Lipinski definition) is 3. The van der Waals surface area contributed by atoms with Crippen LogP contribution in [0.15, 0.2) is 84.9 Å². The van der Waals surface area contributed by atoms with Crippen LogP contribution >= 0.6 is 11.8 Å². The van der Waals surface area contributed by atoms with E-state index in [9.17, 15) is 4.79 Å². The molecule has 124 valence electrons. The van der Waals surface area contributed by atoms with Crippen molar-refractivity contribution in [2.45, 2.75) is 5.37 Å². The summed E-state index contributed by atoms with van der Waals surface area (Å²) in [5.74, 6) is 2.25. The minimum absolute atomic E-state index is 0.000625. The molecule has 1 atom stereocenters. The van der Waals surface area contributed by atoms with Crippen molar-refractivity contribution in [2.75, 3.05) is 10.7 Å². The smallest absolute Gasteiger partial charge is 0.238 e. The van der Waals surface area contributed by atoms with Crippen molar-refractivity contribution in [3.63, 3.8) is 0 Å². The van der Waals surface area contributed by atoms with Gasteiger partial charge in [-0.15, -0.1) is 11.8 Å². The van der Waals surface area contributed by atoms with Crippen molar-refractivity contribution in [2.24, 2.45) is 0 Å². The van der Waals surface area contributed by atoms with Gasteiger partial charge in [0.05, 0.1) is 5.75 Å². The monoisotopic (exact) mass is 347 g/mol. The van der Waals surface area contributed by atoms with Crippen LogP contribution in [-0.4, -0.2) is 11.7 Å². The molecule has 3 aromatic carbocycles. The minimum atomic E-state index is 0.000625. The van der Waals surface area contributed by atoms with Crippen molar-refractivity contribution >= 4 is 23.4 Å². The normalized spacial score (nSPS) is 16.9. The Morgan fingerprint density at radius 1 is 0.800 bits per heavy atom. The number of ether oxygens (including phenoxy) is 1. The maximum Gasteiger partial charge on any atom is 0.238 e. The quantitative estimate of drug-likeness (QED) is 0.645. The van der Waals surface area contributed by atoms with Gasteiger partial charge in [0, 0.05) is 5.69 Å². The lowest BCUT2D eigenvalue weighted by Crippen LogP contribution is -2.27. The number of rotatable bonds is 4. The van der Waals surface area contributed by atoms with Crippen LogP contribution < -0.4 is 9.64 Å². The van der Waals surface area contributed by atoms with E-state index in [1.54, 1.807) is 11.8 Å². The van der Waals surface area contributed by atoms with Gasteiger partial charge in [0.15, 0.2) is 0 Å². The Morgan fingerprint density at radius 2 is 1.40 bits per heavy atom. The summed E-state index contributed by atoms with van der Waals surface area (Å²) in [5, 5.41) is 0.000625. The van der Waals surface area contributed by atoms with Crippen LogP contribution in [0, 0.1) is 0 Å². The average molecular weight is 347 g/mol. The Morgan fingerprint density at radius 3 is 2.08 bits per heavy atom. The largest absolute Gasteiger partial charge is 0.457 e. The number of benzene rings is 3. The lowest BCUT2D eigenvalue weighted by atomic mass is 10.2. The van der Waals surface area contributed by atoms with Gasteiger partial charge in [-0.25, -0.2) is 0 Å². The molecule has 3 aromatic rings. The fraction of sp³-hybridized carbons (Fsp3) is 0.0952. The molecule has 1 amide bonds. The van der Waals surface area contributed by atoms with Crippen molar-refractivity contribution in [3.8, 4) is 11.5 Å². The molecule has 1 saturated heterocycles. The second kappa shape index (κ2) is 7.03. The molecule has 4 heteroatoms. The zero-order valence-corrected chi connectivity index (χ0v) is 14.4. The highest BCUT2D eigenvalue weighted by Crippen LogP contribution is 2.42. The summed E-state index contributed by atoms with van der Waals surface area (Å²) in [6.45, 7) is 0. The summed E-state index contributed by atoms with van der Waals surface area (Å²) < 4.78 is 5.84. The first kappa shape index (κ1) is 15.8. The van der Waals surface area contributed by atoms with E-state index < -0.39 is 0 Å². The third-order valence-corrected chi connectivity index (χ3v) is 5.26. The third kappa shape index (κ3) is 3.39. The predicted molar refractivity (Wildman–Crippen MR) is 102 cm³/mol. The van der Waals surface area contributed by atoms with Crippen LogP contribution in [0.3, 0.4) is 0 Å². The molecule has 0 bridgehead atoms. The van der Waals surface area contributed by atoms with Gasteiger partial charge in [-0.05, 0) is 42.0 Å². The van der Waals surface area contributed by atoms with Crippen LogP contribution in [-0.2, 0) is 4.79 Å². The predicted octanol–water partition coefficient (Wildman–Crippen LogP) is 5.26. The highest BCUT2D eigenvalue weighted by atomic mass is 32.2. The van der Waals surface area contributed by atoms with Gasteiger partial charge in [0.25, 0.3) is 0 Å². The summed E-state index contributed by atoms with van der Waals surface area (Å²) in [7, 11) is 0. The summed E-state index contributed by atoms with van der Waals surface area (Å²) >= 11 is 1.65. The summed E-state index contributed by atoms with van der Waals surface area (Å²) in [4.78, 5) is 14.2. The minimum Gasteiger partial charge on any atom is -0.457 e. The van der Waals surface area contributed by atoms with E-state index in [1.165, 1.54) is 0 Å². The Hall–Kier alpha value is -2.72. The highest BCUT2D eigenvalue weighted by Gasteiger charge is 2.33. The zero-order valence-electron chi connectivity index (χ0n) is 13.5. The van der Waals surface area contributed by atoms with E-state index in [0.29, 0.717) is 5.75 Å². The lowest BCUT2D eigenvalue weighted by molar-refractivity contribution is -0.115. The van der Waals surface area contributed by atoms with Gasteiger partial charge in [0.2, 0.25) is 5.91 Å². The Labute approximate surface area is 151 Å². The van der Waals surface area contributed by atoms with Crippen LogP contribution in [0.1, 0.15) is 10.9 Å². The van der Waals surface area contributed by atoms with Crippen molar-refractivity contribution in [1.29, 1.82) is 0 Å². The molecule has 0 aromatic heterocycles. The Kier molecular flexibility index (Phi) is 4.44. The molecule has 1 aliphatic heterocycles. The third-order valence-electron chi connectivity index (χ3n) is 4.05. The first-order chi connectivity index (χ1) is 12.3.